The average molecular weight is 266 g/mol. The Bertz CT molecular complexity index is 289. The molecule has 2 heteroatoms. The van der Waals surface area contributed by atoms with E-state index >= 15 is 0 Å². The van der Waals surface area contributed by atoms with E-state index in [4.69, 9.17) is 0 Å². The molecule has 1 saturated carbocycles. The third kappa shape index (κ3) is 4.79. The van der Waals surface area contributed by atoms with Crippen molar-refractivity contribution in [1.29, 1.82) is 0 Å². The number of carbonyl (C=O) groups is 1. The first kappa shape index (κ1) is 14.2. The Morgan fingerprint density at radius 3 is 2.61 bits per heavy atom. The quantitative estimate of drug-likeness (QED) is 0.719. The van der Waals surface area contributed by atoms with E-state index in [1.807, 2.05) is 11.8 Å². The summed E-state index contributed by atoms with van der Waals surface area (Å²) >= 11 is 1.92. The molecule has 1 fully saturated rings. The molecule has 0 atom stereocenters. The summed E-state index contributed by atoms with van der Waals surface area (Å²) in [6.45, 7) is 0. The molecule has 0 aromatic heterocycles. The summed E-state index contributed by atoms with van der Waals surface area (Å²) in [6, 6.07) is 0. The molecule has 0 saturated heterocycles. The van der Waals surface area contributed by atoms with E-state index in [0.29, 0.717) is 5.78 Å². The van der Waals surface area contributed by atoms with Gasteiger partial charge in [-0.05, 0) is 44.1 Å². The fourth-order valence-corrected chi connectivity index (χ4v) is 4.20. The zero-order valence-electron chi connectivity index (χ0n) is 11.5. The number of carbonyl (C=O) groups excluding carboxylic acids is 1. The van der Waals surface area contributed by atoms with Crippen molar-refractivity contribution in [3.63, 3.8) is 0 Å². The topological polar surface area (TPSA) is 17.1 Å². The maximum atomic E-state index is 12.2. The summed E-state index contributed by atoms with van der Waals surface area (Å²) in [7, 11) is 0. The Labute approximate surface area is 116 Å². The molecule has 0 bridgehead atoms. The summed E-state index contributed by atoms with van der Waals surface area (Å²) in [5.41, 5.74) is 1.14. The molecule has 0 spiro atoms. The highest BCUT2D eigenvalue weighted by molar-refractivity contribution is 8.00. The Morgan fingerprint density at radius 2 is 1.78 bits per heavy atom. The van der Waals surface area contributed by atoms with Gasteiger partial charge >= 0.3 is 0 Å². The molecule has 0 aromatic rings. The van der Waals surface area contributed by atoms with Crippen LogP contribution in [0.5, 0.6) is 0 Å². The van der Waals surface area contributed by atoms with Gasteiger partial charge in [0.05, 0.1) is 5.75 Å². The van der Waals surface area contributed by atoms with Crippen LogP contribution in [-0.4, -0.2) is 16.8 Å². The standard InChI is InChI=1S/C16H26OS/c17-16(13-18-15-11-7-4-8-12-15)14-9-5-2-1-3-6-10-14/h9,15H,1-8,10-13H2. The van der Waals surface area contributed by atoms with Crippen LogP contribution in [0.4, 0.5) is 0 Å². The van der Waals surface area contributed by atoms with E-state index in [-0.39, 0.29) is 0 Å². The highest BCUT2D eigenvalue weighted by atomic mass is 32.2. The highest BCUT2D eigenvalue weighted by Crippen LogP contribution is 2.29. The molecule has 0 unspecified atom stereocenters. The first-order valence-corrected chi connectivity index (χ1v) is 8.75. The van der Waals surface area contributed by atoms with Gasteiger partial charge in [-0.25, -0.2) is 0 Å². The summed E-state index contributed by atoms with van der Waals surface area (Å²) < 4.78 is 0. The molecule has 102 valence electrons. The van der Waals surface area contributed by atoms with Crippen LogP contribution in [0.3, 0.4) is 0 Å². The van der Waals surface area contributed by atoms with Crippen molar-refractivity contribution < 1.29 is 4.79 Å². The first-order valence-electron chi connectivity index (χ1n) is 7.70. The maximum Gasteiger partial charge on any atom is 0.168 e. The lowest BCUT2D eigenvalue weighted by molar-refractivity contribution is -0.113. The van der Waals surface area contributed by atoms with Gasteiger partial charge in [-0.1, -0.05) is 38.2 Å². The highest BCUT2D eigenvalue weighted by Gasteiger charge is 2.17. The fourth-order valence-electron chi connectivity index (χ4n) is 2.96. The summed E-state index contributed by atoms with van der Waals surface area (Å²) in [4.78, 5) is 12.2. The molecule has 0 aliphatic heterocycles. The normalized spacial score (nSPS) is 23.0. The number of hydrogen-bond acceptors (Lipinski definition) is 2. The number of Topliss-reactive ketones (excluding diaryl/α,β-unsaturated/α-hetero) is 1. The van der Waals surface area contributed by atoms with Crippen LogP contribution < -0.4 is 0 Å². The van der Waals surface area contributed by atoms with Crippen LogP contribution in [-0.2, 0) is 4.79 Å². The maximum absolute atomic E-state index is 12.2. The van der Waals surface area contributed by atoms with E-state index < -0.39 is 0 Å². The zero-order valence-corrected chi connectivity index (χ0v) is 12.3. The second kappa shape index (κ2) is 8.04. The van der Waals surface area contributed by atoms with Gasteiger partial charge in [0.1, 0.15) is 0 Å². The first-order chi connectivity index (χ1) is 8.86. The molecule has 1 nitrogen and oxygen atoms in total. The van der Waals surface area contributed by atoms with Crippen molar-refractivity contribution in [3.05, 3.63) is 11.6 Å². The summed E-state index contributed by atoms with van der Waals surface area (Å²) in [5, 5.41) is 0.761. The Hall–Kier alpha value is -0.240. The van der Waals surface area contributed by atoms with Gasteiger partial charge in [-0.15, -0.1) is 0 Å². The van der Waals surface area contributed by atoms with E-state index in [1.165, 1.54) is 57.8 Å². The van der Waals surface area contributed by atoms with Crippen LogP contribution in [0.2, 0.25) is 0 Å². The smallest absolute Gasteiger partial charge is 0.168 e. The van der Waals surface area contributed by atoms with Crippen molar-refractivity contribution in [2.24, 2.45) is 0 Å². The predicted molar refractivity (Wildman–Crippen MR) is 80.1 cm³/mol. The molecular weight excluding hydrogens is 240 g/mol. The summed E-state index contributed by atoms with van der Waals surface area (Å²) in [6.07, 6.45) is 16.3. The zero-order chi connectivity index (χ0) is 12.6. The molecule has 2 rings (SSSR count). The van der Waals surface area contributed by atoms with Gasteiger partial charge in [-0.2, -0.15) is 11.8 Å². The lowest BCUT2D eigenvalue weighted by Crippen LogP contribution is -2.13. The van der Waals surface area contributed by atoms with E-state index in [0.717, 1.165) is 29.4 Å². The van der Waals surface area contributed by atoms with Crippen LogP contribution in [0.1, 0.15) is 70.6 Å². The number of hydrogen-bond donors (Lipinski definition) is 0. The summed E-state index contributed by atoms with van der Waals surface area (Å²) in [5.74, 6) is 1.16. The fraction of sp³-hybridized carbons (Fsp3) is 0.812. The van der Waals surface area contributed by atoms with Crippen molar-refractivity contribution in [2.45, 2.75) is 75.9 Å². The number of rotatable bonds is 4. The monoisotopic (exact) mass is 266 g/mol. The van der Waals surface area contributed by atoms with Crippen molar-refractivity contribution in [2.75, 3.05) is 5.75 Å². The van der Waals surface area contributed by atoms with E-state index in [2.05, 4.69) is 6.08 Å². The molecule has 0 heterocycles. The Balaban J connectivity index is 1.75. The van der Waals surface area contributed by atoms with Crippen molar-refractivity contribution >= 4 is 17.5 Å². The van der Waals surface area contributed by atoms with Gasteiger partial charge in [0, 0.05) is 5.25 Å². The molecule has 0 aromatic carbocycles. The number of ketones is 1. The van der Waals surface area contributed by atoms with Gasteiger partial charge in [0.2, 0.25) is 0 Å². The van der Waals surface area contributed by atoms with Crippen LogP contribution >= 0.6 is 11.8 Å². The second-order valence-electron chi connectivity index (χ2n) is 5.68. The average Bonchev–Trinajstić information content (AvgIpc) is 2.37. The predicted octanol–water partition coefficient (Wildman–Crippen LogP) is 4.90. The lowest BCUT2D eigenvalue weighted by Gasteiger charge is -2.21. The van der Waals surface area contributed by atoms with Gasteiger partial charge in [0.25, 0.3) is 0 Å². The van der Waals surface area contributed by atoms with Crippen LogP contribution in [0.25, 0.3) is 0 Å². The van der Waals surface area contributed by atoms with Gasteiger partial charge in [-0.3, -0.25) is 4.79 Å². The van der Waals surface area contributed by atoms with E-state index in [9.17, 15) is 4.79 Å². The third-order valence-electron chi connectivity index (χ3n) is 4.15. The third-order valence-corrected chi connectivity index (χ3v) is 5.52. The molecule has 0 N–H and O–H groups in total. The largest absolute Gasteiger partial charge is 0.294 e. The van der Waals surface area contributed by atoms with Crippen LogP contribution in [0.15, 0.2) is 11.6 Å². The number of thioether (sulfide) groups is 1. The minimum Gasteiger partial charge on any atom is -0.294 e. The Morgan fingerprint density at radius 1 is 1.06 bits per heavy atom. The van der Waals surface area contributed by atoms with Crippen LogP contribution in [0, 0.1) is 0 Å². The molecular formula is C16H26OS. The molecule has 0 amide bonds. The van der Waals surface area contributed by atoms with E-state index in [1.54, 1.807) is 0 Å². The van der Waals surface area contributed by atoms with Gasteiger partial charge in [0.15, 0.2) is 5.78 Å². The molecule has 18 heavy (non-hydrogen) atoms. The van der Waals surface area contributed by atoms with Crippen molar-refractivity contribution in [3.8, 4) is 0 Å². The van der Waals surface area contributed by atoms with Crippen molar-refractivity contribution in [1.82, 2.24) is 0 Å². The number of allylic oxidation sites excluding steroid dienone is 2. The molecule has 2 aliphatic rings. The lowest BCUT2D eigenvalue weighted by atomic mass is 9.98. The second-order valence-corrected chi connectivity index (χ2v) is 6.97. The Kier molecular flexibility index (Phi) is 6.33. The SMILES string of the molecule is O=C(CSC1CCCCC1)C1=CCCCCCC1. The molecule has 2 aliphatic carbocycles. The minimum absolute atomic E-state index is 0.424. The minimum atomic E-state index is 0.424. The molecule has 0 radical (unpaired) electrons. The van der Waals surface area contributed by atoms with Gasteiger partial charge < -0.3 is 0 Å².